The van der Waals surface area contributed by atoms with Gasteiger partial charge in [-0.25, -0.2) is 0 Å². The molecule has 0 atom stereocenters. The third-order valence-corrected chi connectivity index (χ3v) is 17.5. The summed E-state index contributed by atoms with van der Waals surface area (Å²) in [6.45, 7) is 2.08. The van der Waals surface area contributed by atoms with E-state index in [0.717, 1.165) is 121 Å². The van der Waals surface area contributed by atoms with E-state index >= 15 is 13.2 Å². The van der Waals surface area contributed by atoms with Crippen LogP contribution in [0.1, 0.15) is 22.3 Å². The Bertz CT molecular complexity index is 5130. The highest BCUT2D eigenvalue weighted by molar-refractivity contribution is 6.15. The van der Waals surface area contributed by atoms with E-state index in [1.165, 1.54) is 0 Å². The summed E-state index contributed by atoms with van der Waals surface area (Å²) in [7, 11) is 0. The van der Waals surface area contributed by atoms with Gasteiger partial charge in [-0.2, -0.15) is 13.2 Å². The fraction of sp³-hybridized carbons (Fsp3) is 0.0513. The number of nitrogens with zero attached hydrogens (tertiary/aromatic N) is 7. The number of halogens is 3. The number of benzene rings is 9. The predicted octanol–water partition coefficient (Wildman–Crippen LogP) is 20.0. The maximum Gasteiger partial charge on any atom is 0.418 e. The Kier molecular flexibility index (Phi) is 12.5. The number of aromatic nitrogens is 7. The van der Waals surface area contributed by atoms with Gasteiger partial charge in [0.2, 0.25) is 0 Å². The molecule has 0 saturated heterocycles. The highest BCUT2D eigenvalue weighted by Gasteiger charge is 2.42. The highest BCUT2D eigenvalue weighted by Crippen LogP contribution is 2.50. The van der Waals surface area contributed by atoms with Crippen molar-refractivity contribution in [1.82, 2.24) is 33.6 Å². The Morgan fingerprint density at radius 2 is 0.716 bits per heavy atom. The van der Waals surface area contributed by atoms with Gasteiger partial charge in [-0.1, -0.05) is 133 Å². The van der Waals surface area contributed by atoms with Crippen molar-refractivity contribution in [3.05, 3.63) is 296 Å². The van der Waals surface area contributed by atoms with Crippen molar-refractivity contribution in [2.45, 2.75) is 25.9 Å². The zero-order valence-electron chi connectivity index (χ0n) is 47.7. The Morgan fingerprint density at radius 1 is 0.330 bits per heavy atom. The minimum absolute atomic E-state index is 0.0241. The average molecular weight is 1140 g/mol. The molecule has 16 rings (SSSR count). The number of para-hydroxylation sites is 2. The molecule has 7 aromatic heterocycles. The van der Waals surface area contributed by atoms with Crippen molar-refractivity contribution in [2.24, 2.45) is 0 Å². The third-order valence-electron chi connectivity index (χ3n) is 17.5. The normalized spacial score (nSPS) is 12.0. The van der Waals surface area contributed by atoms with Crippen LogP contribution < -0.4 is 0 Å². The maximum atomic E-state index is 18.2. The van der Waals surface area contributed by atoms with Crippen molar-refractivity contribution in [3.63, 3.8) is 0 Å². The summed E-state index contributed by atoms with van der Waals surface area (Å²) in [5.74, 6) is 0. The zero-order chi connectivity index (χ0) is 59.0. The number of hydrogen-bond donors (Lipinski definition) is 0. The number of fused-ring (bicyclic) bond motifs is 9. The summed E-state index contributed by atoms with van der Waals surface area (Å²) in [6.07, 6.45) is 9.77. The van der Waals surface area contributed by atoms with Crippen LogP contribution in [0.5, 0.6) is 0 Å². The molecule has 0 spiro atoms. The van der Waals surface area contributed by atoms with Crippen LogP contribution in [-0.2, 0) is 19.0 Å². The first-order chi connectivity index (χ1) is 43.2. The van der Waals surface area contributed by atoms with Crippen molar-refractivity contribution in [1.29, 1.82) is 0 Å². The molecule has 0 amide bonds. The molecule has 0 aliphatic carbocycles. The second-order valence-corrected chi connectivity index (χ2v) is 22.5. The van der Waals surface area contributed by atoms with Crippen molar-refractivity contribution >= 4 is 65.4 Å². The molecule has 0 fully saturated rings. The van der Waals surface area contributed by atoms with E-state index in [-0.39, 0.29) is 17.7 Å². The first-order valence-corrected chi connectivity index (χ1v) is 29.4. The molecular formula is C78H52F3N7. The number of pyridine rings is 4. The average Bonchev–Trinajstić information content (AvgIpc) is 1.53. The predicted molar refractivity (Wildman–Crippen MR) is 351 cm³/mol. The first-order valence-electron chi connectivity index (χ1n) is 29.4. The largest absolute Gasteiger partial charge is 0.418 e. The van der Waals surface area contributed by atoms with Gasteiger partial charge < -0.3 is 13.7 Å². The summed E-state index contributed by atoms with van der Waals surface area (Å²) >= 11 is 0. The molecule has 7 heterocycles. The van der Waals surface area contributed by atoms with E-state index in [1.807, 2.05) is 151 Å². The zero-order valence-corrected chi connectivity index (χ0v) is 47.7. The van der Waals surface area contributed by atoms with Gasteiger partial charge in [0.25, 0.3) is 0 Å². The molecule has 9 aromatic carbocycles. The third kappa shape index (κ3) is 8.74. The Balaban J connectivity index is 1.09. The summed E-state index contributed by atoms with van der Waals surface area (Å²) in [6, 6.07) is 74.9. The standard InChI is InChI=1S/C78H52F3N7/c1-49-14-2-4-20-59(49)60-21-5-3-15-50(60)26-31-63-74(86-70-32-27-51(55-16-10-36-82-45-55)40-64(70)65-41-52(28-33-71(65)86)56-17-11-37-83-46-56)44-75(77(76(63)78(79,80)81)88-68-24-8-6-22-61(68)62-23-7-9-25-69(62)88)87-72-34-29-53(57-18-12-38-84-47-57)42-66(72)67-43-54(30-35-73(67)87)58-19-13-39-85-48-58/h2-25,27-30,32-48H,26,31H2,1H3. The molecule has 10 heteroatoms. The number of alkyl halides is 3. The van der Waals surface area contributed by atoms with Crippen LogP contribution in [0.2, 0.25) is 0 Å². The maximum absolute atomic E-state index is 18.2. The quantitative estimate of drug-likeness (QED) is 0.129. The molecule has 0 bridgehead atoms. The molecule has 0 unspecified atom stereocenters. The van der Waals surface area contributed by atoms with E-state index < -0.39 is 11.7 Å². The SMILES string of the molecule is Cc1ccccc1-c1ccccc1CCc1c(-n2c3ccc(-c4cccnc4)cc3c3cc(-c4cccnc4)ccc32)cc(-n2c3ccc(-c4cccnc4)cc3c3cc(-c4cccnc4)ccc32)c(-n2c3ccccc3c3ccccc32)c1C(F)(F)F. The van der Waals surface area contributed by atoms with Gasteiger partial charge in [-0.15, -0.1) is 0 Å². The van der Waals surface area contributed by atoms with Crippen LogP contribution in [0.4, 0.5) is 13.2 Å². The summed E-state index contributed by atoms with van der Waals surface area (Å²) in [4.78, 5) is 17.9. The van der Waals surface area contributed by atoms with E-state index in [2.05, 4.69) is 139 Å². The van der Waals surface area contributed by atoms with Crippen LogP contribution in [0.3, 0.4) is 0 Å². The number of aryl methyl sites for hydroxylation is 2. The summed E-state index contributed by atoms with van der Waals surface area (Å²) < 4.78 is 60.7. The molecule has 0 radical (unpaired) electrons. The molecule has 88 heavy (non-hydrogen) atoms. The fourth-order valence-electron chi connectivity index (χ4n) is 13.6. The Morgan fingerprint density at radius 3 is 1.14 bits per heavy atom. The van der Waals surface area contributed by atoms with Gasteiger partial charge in [-0.05, 0) is 161 Å². The van der Waals surface area contributed by atoms with Crippen molar-refractivity contribution < 1.29 is 13.2 Å². The summed E-state index contributed by atoms with van der Waals surface area (Å²) in [5, 5.41) is 5.17. The van der Waals surface area contributed by atoms with E-state index in [0.29, 0.717) is 28.8 Å². The minimum Gasteiger partial charge on any atom is -0.309 e. The minimum atomic E-state index is -4.93. The van der Waals surface area contributed by atoms with E-state index in [1.54, 1.807) is 24.8 Å². The summed E-state index contributed by atoms with van der Waals surface area (Å²) in [5.41, 5.74) is 15.9. The van der Waals surface area contributed by atoms with Gasteiger partial charge in [0.1, 0.15) is 0 Å². The van der Waals surface area contributed by atoms with E-state index in [4.69, 9.17) is 0 Å². The smallest absolute Gasteiger partial charge is 0.309 e. The van der Waals surface area contributed by atoms with Crippen molar-refractivity contribution in [2.75, 3.05) is 0 Å². The molecule has 0 N–H and O–H groups in total. The van der Waals surface area contributed by atoms with Gasteiger partial charge in [0.15, 0.2) is 0 Å². The second kappa shape index (κ2) is 21.1. The van der Waals surface area contributed by atoms with Crippen LogP contribution in [0.15, 0.2) is 274 Å². The fourth-order valence-corrected chi connectivity index (χ4v) is 13.6. The molecular weight excluding hydrogens is 1090 g/mol. The lowest BCUT2D eigenvalue weighted by molar-refractivity contribution is -0.138. The highest BCUT2D eigenvalue weighted by atomic mass is 19.4. The van der Waals surface area contributed by atoms with Crippen LogP contribution in [0.25, 0.3) is 138 Å². The monoisotopic (exact) mass is 1140 g/mol. The van der Waals surface area contributed by atoms with Gasteiger partial charge in [0, 0.05) is 104 Å². The Hall–Kier alpha value is -11.2. The Labute approximate surface area is 504 Å². The molecule has 420 valence electrons. The van der Waals surface area contributed by atoms with Gasteiger partial charge >= 0.3 is 6.18 Å². The lowest BCUT2D eigenvalue weighted by atomic mass is 9.90. The topological polar surface area (TPSA) is 66.3 Å². The first kappa shape index (κ1) is 52.3. The molecule has 0 aliphatic heterocycles. The molecule has 7 nitrogen and oxygen atoms in total. The van der Waals surface area contributed by atoms with Crippen LogP contribution >= 0.6 is 0 Å². The van der Waals surface area contributed by atoms with Crippen LogP contribution in [0, 0.1) is 6.92 Å². The lowest BCUT2D eigenvalue weighted by Crippen LogP contribution is -2.20. The van der Waals surface area contributed by atoms with Crippen molar-refractivity contribution in [3.8, 4) is 72.7 Å². The lowest BCUT2D eigenvalue weighted by Gasteiger charge is -2.28. The van der Waals surface area contributed by atoms with Gasteiger partial charge in [-0.3, -0.25) is 19.9 Å². The van der Waals surface area contributed by atoms with E-state index in [9.17, 15) is 0 Å². The van der Waals surface area contributed by atoms with Gasteiger partial charge in [0.05, 0.1) is 55.7 Å². The molecule has 16 aromatic rings. The molecule has 0 saturated carbocycles. The number of rotatable bonds is 11. The second-order valence-electron chi connectivity index (χ2n) is 22.5. The van der Waals surface area contributed by atoms with Crippen LogP contribution in [-0.4, -0.2) is 33.6 Å². The molecule has 0 aliphatic rings. The number of hydrogen-bond acceptors (Lipinski definition) is 4.